The molecule has 0 amide bonds. The van der Waals surface area contributed by atoms with Gasteiger partial charge in [-0.25, -0.2) is 0 Å². The van der Waals surface area contributed by atoms with Gasteiger partial charge in [0.05, 0.1) is 10.7 Å². The quantitative estimate of drug-likeness (QED) is 0.845. The fourth-order valence-electron chi connectivity index (χ4n) is 2.99. The summed E-state index contributed by atoms with van der Waals surface area (Å²) in [4.78, 5) is 2.52. The number of hydrogen-bond acceptors (Lipinski definition) is 2. The summed E-state index contributed by atoms with van der Waals surface area (Å²) >= 11 is 6.56. The molecule has 1 aliphatic rings. The maximum Gasteiger partial charge on any atom is 0.0643 e. The average Bonchev–Trinajstić information content (AvgIpc) is 2.60. The number of benzene rings is 1. The molecular weight excluding hydrogens is 280 g/mol. The van der Waals surface area contributed by atoms with Gasteiger partial charge in [0.25, 0.3) is 0 Å². The summed E-state index contributed by atoms with van der Waals surface area (Å²) in [6.07, 6.45) is 5.19. The van der Waals surface area contributed by atoms with Gasteiger partial charge in [-0.1, -0.05) is 36.6 Å². The molecule has 21 heavy (non-hydrogen) atoms. The predicted molar refractivity (Wildman–Crippen MR) is 93.3 cm³/mol. The van der Waals surface area contributed by atoms with Crippen LogP contribution >= 0.6 is 11.6 Å². The molecule has 1 atom stereocenters. The van der Waals surface area contributed by atoms with Gasteiger partial charge in [0, 0.05) is 24.7 Å². The Bertz CT molecular complexity index is 465. The normalized spacial score (nSPS) is 20.4. The molecule has 0 aliphatic carbocycles. The van der Waals surface area contributed by atoms with Gasteiger partial charge in [0.1, 0.15) is 0 Å². The van der Waals surface area contributed by atoms with Crippen molar-refractivity contribution in [1.82, 2.24) is 5.32 Å². The largest absolute Gasteiger partial charge is 0.367 e. The third-order valence-electron chi connectivity index (χ3n) is 4.22. The molecule has 2 nitrogen and oxygen atoms in total. The third kappa shape index (κ3) is 4.62. The monoisotopic (exact) mass is 308 g/mol. The smallest absolute Gasteiger partial charge is 0.0643 e. The van der Waals surface area contributed by atoms with E-state index in [1.165, 1.54) is 36.9 Å². The highest BCUT2D eigenvalue weighted by atomic mass is 35.5. The molecular formula is C18H29ClN2. The van der Waals surface area contributed by atoms with Gasteiger partial charge in [0.2, 0.25) is 0 Å². The van der Waals surface area contributed by atoms with Gasteiger partial charge < -0.3 is 10.2 Å². The van der Waals surface area contributed by atoms with Crippen molar-refractivity contribution in [1.29, 1.82) is 0 Å². The molecule has 1 aromatic carbocycles. The molecule has 1 N–H and O–H groups in total. The second-order valence-electron chi connectivity index (χ2n) is 7.24. The summed E-state index contributed by atoms with van der Waals surface area (Å²) < 4.78 is 0. The Morgan fingerprint density at radius 3 is 2.71 bits per heavy atom. The van der Waals surface area contributed by atoms with E-state index in [1.807, 2.05) is 6.07 Å². The van der Waals surface area contributed by atoms with Crippen LogP contribution in [0.15, 0.2) is 18.2 Å². The van der Waals surface area contributed by atoms with Crippen LogP contribution in [0.3, 0.4) is 0 Å². The zero-order chi connectivity index (χ0) is 15.5. The lowest BCUT2D eigenvalue weighted by atomic mass is 10.1. The van der Waals surface area contributed by atoms with E-state index in [2.05, 4.69) is 50.0 Å². The molecule has 0 radical (unpaired) electrons. The zero-order valence-corrected chi connectivity index (χ0v) is 14.6. The van der Waals surface area contributed by atoms with Crippen molar-refractivity contribution in [2.45, 2.75) is 71.5 Å². The number of hydrogen-bond donors (Lipinski definition) is 1. The van der Waals surface area contributed by atoms with Crippen LogP contribution in [-0.2, 0) is 6.54 Å². The first-order valence-electron chi connectivity index (χ1n) is 8.17. The second kappa shape index (κ2) is 7.02. The van der Waals surface area contributed by atoms with Crippen LogP contribution in [0.2, 0.25) is 5.02 Å². The van der Waals surface area contributed by atoms with Crippen LogP contribution in [0.4, 0.5) is 5.69 Å². The Morgan fingerprint density at radius 1 is 1.24 bits per heavy atom. The molecule has 0 aromatic heterocycles. The lowest BCUT2D eigenvalue weighted by Gasteiger charge is -2.33. The Labute approximate surface area is 134 Å². The highest BCUT2D eigenvalue weighted by Crippen LogP contribution is 2.34. The average molecular weight is 309 g/mol. The van der Waals surface area contributed by atoms with Crippen molar-refractivity contribution in [3.05, 3.63) is 28.8 Å². The maximum absolute atomic E-state index is 6.56. The summed E-state index contributed by atoms with van der Waals surface area (Å²) in [6.45, 7) is 10.9. The van der Waals surface area contributed by atoms with Gasteiger partial charge >= 0.3 is 0 Å². The van der Waals surface area contributed by atoms with E-state index in [0.29, 0.717) is 6.04 Å². The standard InChI is InChI=1S/C18H29ClN2/c1-14-9-6-5-7-12-21(14)17-15(10-8-11-16(17)19)13-20-18(2,3)4/h8,10-11,14,20H,5-7,9,12-13H2,1-4H3. The van der Waals surface area contributed by atoms with Gasteiger partial charge in [0.15, 0.2) is 0 Å². The predicted octanol–water partition coefficient (Wildman–Crippen LogP) is 5.00. The molecule has 1 heterocycles. The van der Waals surface area contributed by atoms with E-state index >= 15 is 0 Å². The fraction of sp³-hybridized carbons (Fsp3) is 0.667. The number of nitrogens with one attached hydrogen (secondary N) is 1. The van der Waals surface area contributed by atoms with Crippen LogP contribution in [0.1, 0.15) is 58.9 Å². The lowest BCUT2D eigenvalue weighted by molar-refractivity contribution is 0.424. The van der Waals surface area contributed by atoms with Crippen LogP contribution < -0.4 is 10.2 Å². The van der Waals surface area contributed by atoms with Crippen molar-refractivity contribution in [3.63, 3.8) is 0 Å². The Morgan fingerprint density at radius 2 is 2.00 bits per heavy atom. The van der Waals surface area contributed by atoms with Crippen molar-refractivity contribution < 1.29 is 0 Å². The minimum absolute atomic E-state index is 0.115. The van der Waals surface area contributed by atoms with E-state index in [1.54, 1.807) is 0 Å². The number of halogens is 1. The van der Waals surface area contributed by atoms with Crippen molar-refractivity contribution in [2.24, 2.45) is 0 Å². The molecule has 1 fully saturated rings. The third-order valence-corrected chi connectivity index (χ3v) is 4.52. The first-order valence-corrected chi connectivity index (χ1v) is 8.55. The van der Waals surface area contributed by atoms with E-state index in [9.17, 15) is 0 Å². The Hall–Kier alpha value is -0.730. The second-order valence-corrected chi connectivity index (χ2v) is 7.65. The fourth-order valence-corrected chi connectivity index (χ4v) is 3.29. The van der Waals surface area contributed by atoms with Crippen LogP contribution in [-0.4, -0.2) is 18.1 Å². The molecule has 0 saturated carbocycles. The van der Waals surface area contributed by atoms with Crippen LogP contribution in [0.25, 0.3) is 0 Å². The molecule has 1 aliphatic heterocycles. The van der Waals surface area contributed by atoms with Crippen LogP contribution in [0, 0.1) is 0 Å². The highest BCUT2D eigenvalue weighted by molar-refractivity contribution is 6.33. The van der Waals surface area contributed by atoms with Crippen LogP contribution in [0.5, 0.6) is 0 Å². The highest BCUT2D eigenvalue weighted by Gasteiger charge is 2.22. The molecule has 0 spiro atoms. The van der Waals surface area contributed by atoms with Gasteiger partial charge in [-0.2, -0.15) is 0 Å². The van der Waals surface area contributed by atoms with E-state index in [4.69, 9.17) is 11.6 Å². The molecule has 2 rings (SSSR count). The molecule has 0 bridgehead atoms. The SMILES string of the molecule is CC1CCCCCN1c1c(Cl)cccc1CNC(C)(C)C. The number of nitrogens with zero attached hydrogens (tertiary/aromatic N) is 1. The minimum Gasteiger partial charge on any atom is -0.367 e. The lowest BCUT2D eigenvalue weighted by Crippen LogP contribution is -2.37. The summed E-state index contributed by atoms with van der Waals surface area (Å²) in [5, 5.41) is 4.48. The number of anilines is 1. The Kier molecular flexibility index (Phi) is 5.56. The van der Waals surface area contributed by atoms with E-state index < -0.39 is 0 Å². The first kappa shape index (κ1) is 16.6. The molecule has 1 aromatic rings. The van der Waals surface area contributed by atoms with E-state index in [-0.39, 0.29) is 5.54 Å². The molecule has 118 valence electrons. The van der Waals surface area contributed by atoms with E-state index in [0.717, 1.165) is 18.1 Å². The number of rotatable bonds is 3. The Balaban J connectivity index is 2.28. The summed E-state index contributed by atoms with van der Waals surface area (Å²) in [7, 11) is 0. The van der Waals surface area contributed by atoms with Gasteiger partial charge in [-0.15, -0.1) is 0 Å². The first-order chi connectivity index (χ1) is 9.88. The van der Waals surface area contributed by atoms with Crippen molar-refractivity contribution in [3.8, 4) is 0 Å². The van der Waals surface area contributed by atoms with Crippen molar-refractivity contribution >= 4 is 17.3 Å². The minimum atomic E-state index is 0.115. The maximum atomic E-state index is 6.56. The van der Waals surface area contributed by atoms with Crippen molar-refractivity contribution in [2.75, 3.05) is 11.4 Å². The summed E-state index contributed by atoms with van der Waals surface area (Å²) in [6, 6.07) is 6.86. The summed E-state index contributed by atoms with van der Waals surface area (Å²) in [5.41, 5.74) is 2.67. The molecule has 1 unspecified atom stereocenters. The topological polar surface area (TPSA) is 15.3 Å². The zero-order valence-electron chi connectivity index (χ0n) is 13.9. The molecule has 1 saturated heterocycles. The van der Waals surface area contributed by atoms with Gasteiger partial charge in [-0.05, 0) is 52.2 Å². The number of para-hydroxylation sites is 1. The van der Waals surface area contributed by atoms with Gasteiger partial charge in [-0.3, -0.25) is 0 Å². The summed E-state index contributed by atoms with van der Waals surface area (Å²) in [5.74, 6) is 0. The molecule has 3 heteroatoms.